The molecular weight excluding hydrogens is 174 g/mol. The van der Waals surface area contributed by atoms with E-state index < -0.39 is 11.4 Å². The van der Waals surface area contributed by atoms with E-state index in [1.54, 1.807) is 6.20 Å². The number of thiazole rings is 1. The summed E-state index contributed by atoms with van der Waals surface area (Å²) in [5.41, 5.74) is -0.564. The van der Waals surface area contributed by atoms with Gasteiger partial charge in [-0.05, 0) is 19.8 Å². The van der Waals surface area contributed by atoms with Gasteiger partial charge in [-0.2, -0.15) is 0 Å². The Morgan fingerprint density at radius 3 is 2.75 bits per heavy atom. The topological polar surface area (TPSA) is 50.2 Å². The summed E-state index contributed by atoms with van der Waals surface area (Å²) in [6, 6.07) is 0. The smallest absolute Gasteiger partial charge is 0.315 e. The summed E-state index contributed by atoms with van der Waals surface area (Å²) in [6.45, 7) is 1.89. The maximum Gasteiger partial charge on any atom is 0.315 e. The third kappa shape index (κ3) is 0.948. The molecule has 1 saturated carbocycles. The van der Waals surface area contributed by atoms with Crippen molar-refractivity contribution in [3.8, 4) is 0 Å². The van der Waals surface area contributed by atoms with Crippen LogP contribution in [0.4, 0.5) is 0 Å². The van der Waals surface area contributed by atoms with Crippen molar-refractivity contribution in [1.82, 2.24) is 4.98 Å². The first kappa shape index (κ1) is 7.73. The van der Waals surface area contributed by atoms with Crippen molar-refractivity contribution in [2.45, 2.75) is 25.2 Å². The Morgan fingerprint density at radius 2 is 2.42 bits per heavy atom. The van der Waals surface area contributed by atoms with Crippen molar-refractivity contribution in [1.29, 1.82) is 0 Å². The number of aromatic nitrogens is 1. The molecule has 1 aliphatic carbocycles. The van der Waals surface area contributed by atoms with Crippen molar-refractivity contribution in [2.24, 2.45) is 0 Å². The lowest BCUT2D eigenvalue weighted by Gasteiger charge is -2.03. The average molecular weight is 183 g/mol. The summed E-state index contributed by atoms with van der Waals surface area (Å²) in [5.74, 6) is -0.703. The molecule has 1 fully saturated rings. The largest absolute Gasteiger partial charge is 0.481 e. The van der Waals surface area contributed by atoms with Gasteiger partial charge in [-0.3, -0.25) is 4.79 Å². The molecule has 1 heterocycles. The Labute approximate surface area is 74.1 Å². The van der Waals surface area contributed by atoms with Crippen LogP contribution in [-0.2, 0) is 10.2 Å². The van der Waals surface area contributed by atoms with Crippen LogP contribution in [0.5, 0.6) is 0 Å². The summed E-state index contributed by atoms with van der Waals surface area (Å²) >= 11 is 1.49. The maximum absolute atomic E-state index is 10.9. The first-order chi connectivity index (χ1) is 5.65. The third-order valence-electron chi connectivity index (χ3n) is 2.25. The third-order valence-corrected chi connectivity index (χ3v) is 3.37. The normalized spacial score (nSPS) is 19.1. The van der Waals surface area contributed by atoms with Gasteiger partial charge in [0.05, 0.1) is 5.01 Å². The number of hydrogen-bond donors (Lipinski definition) is 1. The number of carboxylic acids is 1. The number of aliphatic carboxylic acids is 1. The van der Waals surface area contributed by atoms with Crippen LogP contribution in [0.1, 0.15) is 22.7 Å². The first-order valence-corrected chi connectivity index (χ1v) is 4.63. The molecular formula is C8H9NO2S. The van der Waals surface area contributed by atoms with Crippen LogP contribution in [0, 0.1) is 6.92 Å². The predicted molar refractivity (Wildman–Crippen MR) is 45.4 cm³/mol. The summed E-state index contributed by atoms with van der Waals surface area (Å²) in [7, 11) is 0. The molecule has 64 valence electrons. The Hall–Kier alpha value is -0.900. The van der Waals surface area contributed by atoms with Crippen molar-refractivity contribution in [3.63, 3.8) is 0 Å². The highest BCUT2D eigenvalue weighted by molar-refractivity contribution is 7.11. The molecule has 2 rings (SSSR count). The molecule has 1 N–H and O–H groups in total. The Morgan fingerprint density at radius 1 is 1.75 bits per heavy atom. The van der Waals surface area contributed by atoms with E-state index in [1.807, 2.05) is 6.92 Å². The monoisotopic (exact) mass is 183 g/mol. The highest BCUT2D eigenvalue weighted by atomic mass is 32.1. The zero-order chi connectivity index (χ0) is 8.77. The molecule has 0 amide bonds. The summed E-state index contributed by atoms with van der Waals surface area (Å²) < 4.78 is 0. The Kier molecular flexibility index (Phi) is 1.48. The second-order valence-electron chi connectivity index (χ2n) is 3.13. The summed E-state index contributed by atoms with van der Waals surface area (Å²) in [6.07, 6.45) is 3.23. The van der Waals surface area contributed by atoms with Gasteiger partial charge < -0.3 is 5.11 Å². The van der Waals surface area contributed by atoms with Crippen LogP contribution in [-0.4, -0.2) is 16.1 Å². The lowest BCUT2D eigenvalue weighted by molar-refractivity contribution is -0.139. The van der Waals surface area contributed by atoms with Gasteiger partial charge in [0, 0.05) is 11.1 Å². The molecule has 1 aromatic rings. The molecule has 0 saturated heterocycles. The summed E-state index contributed by atoms with van der Waals surface area (Å²) in [4.78, 5) is 15.8. The van der Waals surface area contributed by atoms with E-state index in [9.17, 15) is 4.79 Å². The summed E-state index contributed by atoms with van der Waals surface area (Å²) in [5, 5.41) is 9.89. The zero-order valence-electron chi connectivity index (χ0n) is 6.70. The van der Waals surface area contributed by atoms with E-state index in [4.69, 9.17) is 5.11 Å². The minimum absolute atomic E-state index is 0.564. The van der Waals surface area contributed by atoms with Crippen LogP contribution in [0.3, 0.4) is 0 Å². The molecule has 0 radical (unpaired) electrons. The first-order valence-electron chi connectivity index (χ1n) is 3.81. The molecule has 0 bridgehead atoms. The minimum atomic E-state index is -0.703. The number of carbonyl (C=O) groups is 1. The lowest BCUT2D eigenvalue weighted by atomic mass is 10.1. The molecule has 12 heavy (non-hydrogen) atoms. The van der Waals surface area contributed by atoms with Gasteiger partial charge in [0.15, 0.2) is 0 Å². The van der Waals surface area contributed by atoms with Gasteiger partial charge in [-0.25, -0.2) is 4.98 Å². The Balaban J connectivity index is 2.36. The van der Waals surface area contributed by atoms with E-state index in [0.29, 0.717) is 0 Å². The number of hydrogen-bond acceptors (Lipinski definition) is 3. The highest BCUT2D eigenvalue weighted by Crippen LogP contribution is 2.50. The molecule has 3 nitrogen and oxygen atoms in total. The van der Waals surface area contributed by atoms with Crippen LogP contribution < -0.4 is 0 Å². The van der Waals surface area contributed by atoms with Gasteiger partial charge in [0.2, 0.25) is 0 Å². The van der Waals surface area contributed by atoms with Crippen LogP contribution in [0.15, 0.2) is 6.20 Å². The van der Waals surface area contributed by atoms with Crippen molar-refractivity contribution < 1.29 is 9.90 Å². The standard InChI is InChI=1S/C8H9NO2S/c1-5-9-4-6(12-5)8(2-3-8)7(10)11/h4H,2-3H2,1H3,(H,10,11). The molecule has 0 spiro atoms. The molecule has 0 aliphatic heterocycles. The average Bonchev–Trinajstić information content (AvgIpc) is 2.71. The van der Waals surface area contributed by atoms with E-state index >= 15 is 0 Å². The van der Waals surface area contributed by atoms with Gasteiger partial charge in [-0.15, -0.1) is 11.3 Å². The highest BCUT2D eigenvalue weighted by Gasteiger charge is 2.53. The SMILES string of the molecule is Cc1ncc(C2(C(=O)O)CC2)s1. The van der Waals surface area contributed by atoms with Gasteiger partial charge in [0.25, 0.3) is 0 Å². The van der Waals surface area contributed by atoms with Gasteiger partial charge in [0.1, 0.15) is 5.41 Å². The van der Waals surface area contributed by atoms with Crippen LogP contribution in [0.25, 0.3) is 0 Å². The van der Waals surface area contributed by atoms with Crippen molar-refractivity contribution in [2.75, 3.05) is 0 Å². The van der Waals surface area contributed by atoms with Crippen molar-refractivity contribution >= 4 is 17.3 Å². The number of carboxylic acid groups (broad SMARTS) is 1. The van der Waals surface area contributed by atoms with E-state index in [2.05, 4.69) is 4.98 Å². The second kappa shape index (κ2) is 2.29. The fourth-order valence-corrected chi connectivity index (χ4v) is 2.29. The van der Waals surface area contributed by atoms with Crippen molar-refractivity contribution in [3.05, 3.63) is 16.1 Å². The zero-order valence-corrected chi connectivity index (χ0v) is 7.52. The van der Waals surface area contributed by atoms with Crippen LogP contribution >= 0.6 is 11.3 Å². The fourth-order valence-electron chi connectivity index (χ4n) is 1.27. The Bertz CT molecular complexity index is 328. The number of aryl methyl sites for hydroxylation is 1. The molecule has 1 aromatic heterocycles. The molecule has 0 unspecified atom stereocenters. The molecule has 1 aliphatic rings. The van der Waals surface area contributed by atoms with Gasteiger partial charge in [-0.1, -0.05) is 0 Å². The molecule has 0 aromatic carbocycles. The number of nitrogens with zero attached hydrogens (tertiary/aromatic N) is 1. The maximum atomic E-state index is 10.9. The lowest BCUT2D eigenvalue weighted by Crippen LogP contribution is -2.17. The quantitative estimate of drug-likeness (QED) is 0.757. The molecule has 4 heteroatoms. The van der Waals surface area contributed by atoms with E-state index in [1.165, 1.54) is 11.3 Å². The van der Waals surface area contributed by atoms with Crippen LogP contribution in [0.2, 0.25) is 0 Å². The fraction of sp³-hybridized carbons (Fsp3) is 0.500. The second-order valence-corrected chi connectivity index (χ2v) is 4.37. The van der Waals surface area contributed by atoms with E-state index in [0.717, 1.165) is 22.7 Å². The number of rotatable bonds is 2. The molecule has 0 atom stereocenters. The predicted octanol–water partition coefficient (Wildman–Crippen LogP) is 1.57. The van der Waals surface area contributed by atoms with Gasteiger partial charge >= 0.3 is 5.97 Å². The minimum Gasteiger partial charge on any atom is -0.481 e. The van der Waals surface area contributed by atoms with E-state index in [-0.39, 0.29) is 0 Å².